The zero-order valence-electron chi connectivity index (χ0n) is 25.3. The van der Waals surface area contributed by atoms with Crippen molar-refractivity contribution >= 4 is 50.7 Å². The number of nitrogens with zero attached hydrogens (tertiary/aromatic N) is 2. The Morgan fingerprint density at radius 3 is 2.16 bits per heavy atom. The molecule has 1 N–H and O–H groups in total. The number of benzene rings is 3. The predicted molar refractivity (Wildman–Crippen MR) is 175 cm³/mol. The van der Waals surface area contributed by atoms with Gasteiger partial charge in [-0.1, -0.05) is 66.2 Å². The molecular formula is C33H39Cl2N3O5S. The lowest BCUT2D eigenvalue weighted by Crippen LogP contribution is -2.53. The standard InChI is InChI=1S/C33H39Cl2N3O5S/c1-4-43-27-17-19-28(20-18-27)44(41,42)38(26-15-13-23(2)14-16-26)22-32(39)37(21-29-30(34)11-8-12-31(29)35)24(3)33(40)36-25-9-6-5-7-10-25/h8,11-20,24-25H,4-7,9-10,21-22H2,1-3H3,(H,36,40). The Morgan fingerprint density at radius 1 is 0.955 bits per heavy atom. The zero-order valence-corrected chi connectivity index (χ0v) is 27.6. The molecule has 8 nitrogen and oxygen atoms in total. The summed E-state index contributed by atoms with van der Waals surface area (Å²) < 4.78 is 34.7. The molecule has 1 saturated carbocycles. The molecule has 1 aliphatic rings. The van der Waals surface area contributed by atoms with Crippen molar-refractivity contribution in [2.45, 2.75) is 76.4 Å². The number of carbonyl (C=O) groups excluding carboxylic acids is 2. The normalized spacial score (nSPS) is 14.5. The van der Waals surface area contributed by atoms with Crippen LogP contribution in [0.15, 0.2) is 71.6 Å². The summed E-state index contributed by atoms with van der Waals surface area (Å²) in [6, 6.07) is 17.1. The molecule has 0 bridgehead atoms. The molecule has 0 saturated heterocycles. The Hall–Kier alpha value is -3.27. The number of nitrogens with one attached hydrogen (secondary N) is 1. The van der Waals surface area contributed by atoms with Crippen LogP contribution in [0.3, 0.4) is 0 Å². The fourth-order valence-corrected chi connectivity index (χ4v) is 7.18. The van der Waals surface area contributed by atoms with Crippen LogP contribution in [-0.2, 0) is 26.2 Å². The average Bonchev–Trinajstić information content (AvgIpc) is 3.01. The predicted octanol–water partition coefficient (Wildman–Crippen LogP) is 6.76. The van der Waals surface area contributed by atoms with Crippen molar-refractivity contribution in [2.75, 3.05) is 17.5 Å². The van der Waals surface area contributed by atoms with Crippen LogP contribution in [0.2, 0.25) is 10.0 Å². The van der Waals surface area contributed by atoms with Gasteiger partial charge >= 0.3 is 0 Å². The van der Waals surface area contributed by atoms with Gasteiger partial charge in [0.25, 0.3) is 10.0 Å². The van der Waals surface area contributed by atoms with Gasteiger partial charge in [0.2, 0.25) is 11.8 Å². The molecule has 1 unspecified atom stereocenters. The van der Waals surface area contributed by atoms with Gasteiger partial charge in [0, 0.05) is 28.2 Å². The summed E-state index contributed by atoms with van der Waals surface area (Å²) in [5.41, 5.74) is 1.71. The van der Waals surface area contributed by atoms with Crippen LogP contribution in [0.5, 0.6) is 5.75 Å². The van der Waals surface area contributed by atoms with Gasteiger partial charge in [-0.2, -0.15) is 0 Å². The molecule has 236 valence electrons. The van der Waals surface area contributed by atoms with Gasteiger partial charge in [-0.3, -0.25) is 13.9 Å². The molecule has 1 fully saturated rings. The second-order valence-corrected chi connectivity index (χ2v) is 13.7. The summed E-state index contributed by atoms with van der Waals surface area (Å²) in [6.07, 6.45) is 4.96. The highest BCUT2D eigenvalue weighted by Crippen LogP contribution is 2.29. The highest BCUT2D eigenvalue weighted by atomic mass is 35.5. The molecular weight excluding hydrogens is 621 g/mol. The number of aryl methyl sites for hydroxylation is 1. The first-order valence-corrected chi connectivity index (χ1v) is 17.1. The second kappa shape index (κ2) is 15.1. The Bertz CT molecular complexity index is 1520. The van der Waals surface area contributed by atoms with Crippen molar-refractivity contribution in [1.82, 2.24) is 10.2 Å². The van der Waals surface area contributed by atoms with Crippen molar-refractivity contribution < 1.29 is 22.7 Å². The summed E-state index contributed by atoms with van der Waals surface area (Å²) >= 11 is 13.0. The van der Waals surface area contributed by atoms with Crippen molar-refractivity contribution in [2.24, 2.45) is 0 Å². The number of ether oxygens (including phenoxy) is 1. The van der Waals surface area contributed by atoms with Crippen molar-refractivity contribution in [3.05, 3.63) is 87.9 Å². The summed E-state index contributed by atoms with van der Waals surface area (Å²) in [4.78, 5) is 29.1. The van der Waals surface area contributed by atoms with E-state index in [0.29, 0.717) is 33.7 Å². The maximum Gasteiger partial charge on any atom is 0.264 e. The van der Waals surface area contributed by atoms with E-state index < -0.39 is 28.5 Å². The molecule has 0 heterocycles. The Labute approximate surface area is 270 Å². The lowest BCUT2D eigenvalue weighted by atomic mass is 9.95. The van der Waals surface area contributed by atoms with E-state index in [0.717, 1.165) is 42.0 Å². The van der Waals surface area contributed by atoms with Crippen LogP contribution in [0.4, 0.5) is 5.69 Å². The largest absolute Gasteiger partial charge is 0.494 e. The van der Waals surface area contributed by atoms with Gasteiger partial charge in [-0.05, 0) is 82.1 Å². The van der Waals surface area contributed by atoms with Crippen molar-refractivity contribution in [3.8, 4) is 5.75 Å². The lowest BCUT2D eigenvalue weighted by molar-refractivity contribution is -0.139. The molecule has 4 rings (SSSR count). The molecule has 3 aromatic rings. The van der Waals surface area contributed by atoms with Gasteiger partial charge in [-0.15, -0.1) is 0 Å². The van der Waals surface area contributed by atoms with Gasteiger partial charge < -0.3 is 15.0 Å². The van der Waals surface area contributed by atoms with Crippen molar-refractivity contribution in [1.29, 1.82) is 0 Å². The number of carbonyl (C=O) groups is 2. The second-order valence-electron chi connectivity index (χ2n) is 11.0. The first-order valence-electron chi connectivity index (χ1n) is 14.9. The number of halogens is 2. The Morgan fingerprint density at radius 2 is 1.57 bits per heavy atom. The molecule has 0 spiro atoms. The molecule has 2 amide bonds. The highest BCUT2D eigenvalue weighted by molar-refractivity contribution is 7.92. The smallest absolute Gasteiger partial charge is 0.264 e. The van der Waals surface area contributed by atoms with E-state index in [9.17, 15) is 18.0 Å². The highest BCUT2D eigenvalue weighted by Gasteiger charge is 2.34. The minimum atomic E-state index is -4.21. The topological polar surface area (TPSA) is 96.0 Å². The molecule has 44 heavy (non-hydrogen) atoms. The number of sulfonamides is 1. The monoisotopic (exact) mass is 659 g/mol. The third-order valence-corrected chi connectivity index (χ3v) is 10.3. The fourth-order valence-electron chi connectivity index (χ4n) is 5.25. The maximum absolute atomic E-state index is 14.2. The lowest BCUT2D eigenvalue weighted by Gasteiger charge is -2.33. The first kappa shape index (κ1) is 33.6. The molecule has 0 aliphatic heterocycles. The molecule has 1 atom stereocenters. The number of hydrogen-bond donors (Lipinski definition) is 1. The van der Waals surface area contributed by atoms with E-state index in [1.54, 1.807) is 61.5 Å². The quantitative estimate of drug-likeness (QED) is 0.232. The Kier molecular flexibility index (Phi) is 11.6. The molecule has 0 aromatic heterocycles. The van der Waals surface area contributed by atoms with E-state index in [4.69, 9.17) is 27.9 Å². The van der Waals surface area contributed by atoms with Crippen LogP contribution < -0.4 is 14.4 Å². The third kappa shape index (κ3) is 8.25. The average molecular weight is 661 g/mol. The van der Waals surface area contributed by atoms with E-state index in [1.807, 2.05) is 13.8 Å². The summed E-state index contributed by atoms with van der Waals surface area (Å²) in [7, 11) is -4.21. The van der Waals surface area contributed by atoms with Crippen LogP contribution in [0.1, 0.15) is 57.1 Å². The van der Waals surface area contributed by atoms with E-state index in [1.165, 1.54) is 17.0 Å². The third-order valence-electron chi connectivity index (χ3n) is 7.83. The maximum atomic E-state index is 14.2. The fraction of sp³-hybridized carbons (Fsp3) is 0.394. The van der Waals surface area contributed by atoms with E-state index in [-0.39, 0.29) is 23.4 Å². The van der Waals surface area contributed by atoms with Crippen molar-refractivity contribution in [3.63, 3.8) is 0 Å². The summed E-state index contributed by atoms with van der Waals surface area (Å²) in [6.45, 7) is 5.17. The molecule has 1 aliphatic carbocycles. The number of amides is 2. The van der Waals surface area contributed by atoms with Crippen LogP contribution >= 0.6 is 23.2 Å². The summed E-state index contributed by atoms with van der Waals surface area (Å²) in [5.74, 6) is -0.364. The van der Waals surface area contributed by atoms with Crippen LogP contribution in [0, 0.1) is 6.92 Å². The number of anilines is 1. The Balaban J connectivity index is 1.70. The van der Waals surface area contributed by atoms with Gasteiger partial charge in [0.1, 0.15) is 18.3 Å². The van der Waals surface area contributed by atoms with Gasteiger partial charge in [0.15, 0.2) is 0 Å². The minimum Gasteiger partial charge on any atom is -0.494 e. The molecule has 11 heteroatoms. The SMILES string of the molecule is CCOc1ccc(S(=O)(=O)N(CC(=O)N(Cc2c(Cl)cccc2Cl)C(C)C(=O)NC2CCCCC2)c2ccc(C)cc2)cc1. The molecule has 3 aromatic carbocycles. The minimum absolute atomic E-state index is 0.00174. The number of rotatable bonds is 12. The van der Waals surface area contributed by atoms with E-state index >= 15 is 0 Å². The summed E-state index contributed by atoms with van der Waals surface area (Å²) in [5, 5.41) is 3.77. The number of hydrogen-bond acceptors (Lipinski definition) is 5. The van der Waals surface area contributed by atoms with Gasteiger partial charge in [0.05, 0.1) is 17.2 Å². The molecule has 0 radical (unpaired) electrons. The zero-order chi connectivity index (χ0) is 31.9. The first-order chi connectivity index (χ1) is 21.0. The van der Waals surface area contributed by atoms with Gasteiger partial charge in [-0.25, -0.2) is 8.42 Å². The van der Waals surface area contributed by atoms with Crippen LogP contribution in [-0.4, -0.2) is 50.4 Å². The van der Waals surface area contributed by atoms with E-state index in [2.05, 4.69) is 5.32 Å². The van der Waals surface area contributed by atoms with Crippen LogP contribution in [0.25, 0.3) is 0 Å².